The Balaban J connectivity index is 2.42. The molecular formula is C7H13NO. The lowest BCUT2D eigenvalue weighted by atomic mass is 10.1. The second-order valence-electron chi connectivity index (χ2n) is 2.68. The highest BCUT2D eigenvalue weighted by molar-refractivity contribution is 6.05. The smallest absolute Gasteiger partial charge is 0.155 e. The summed E-state index contributed by atoms with van der Waals surface area (Å²) in [7, 11) is 1.86. The Morgan fingerprint density at radius 3 is 2.44 bits per heavy atom. The topological polar surface area (TPSA) is 29.1 Å². The number of carbonyl (C=O) groups is 1. The first-order valence-electron chi connectivity index (χ1n) is 3.47. The molecule has 1 N–H and O–H groups in total. The van der Waals surface area contributed by atoms with Crippen molar-refractivity contribution in [1.82, 2.24) is 5.32 Å². The molecule has 0 aromatic rings. The van der Waals surface area contributed by atoms with Crippen molar-refractivity contribution in [3.05, 3.63) is 0 Å². The predicted octanol–water partition coefficient (Wildman–Crippen LogP) is 0.718. The van der Waals surface area contributed by atoms with Crippen LogP contribution in [0, 0.1) is 0 Å². The molecule has 0 heterocycles. The van der Waals surface area contributed by atoms with Crippen molar-refractivity contribution in [3.63, 3.8) is 0 Å². The molecule has 9 heavy (non-hydrogen) atoms. The van der Waals surface area contributed by atoms with Gasteiger partial charge in [0.15, 0.2) is 5.78 Å². The zero-order valence-corrected chi connectivity index (χ0v) is 6.03. The third-order valence-electron chi connectivity index (χ3n) is 2.03. The van der Waals surface area contributed by atoms with Gasteiger partial charge in [-0.25, -0.2) is 0 Å². The number of rotatable bonds is 3. The Bertz CT molecular complexity index is 133. The highest BCUT2D eigenvalue weighted by atomic mass is 16.1. The largest absolute Gasteiger partial charge is 0.308 e. The van der Waals surface area contributed by atoms with E-state index in [0.717, 1.165) is 19.3 Å². The second kappa shape index (κ2) is 2.10. The van der Waals surface area contributed by atoms with E-state index in [1.54, 1.807) is 0 Å². The van der Waals surface area contributed by atoms with Gasteiger partial charge in [0.25, 0.3) is 0 Å². The number of Topliss-reactive ketones (excluding diaryl/α,β-unsaturated/α-hetero) is 1. The van der Waals surface area contributed by atoms with Gasteiger partial charge in [0.2, 0.25) is 0 Å². The maximum Gasteiger partial charge on any atom is 0.155 e. The average molecular weight is 127 g/mol. The van der Waals surface area contributed by atoms with E-state index in [-0.39, 0.29) is 5.54 Å². The lowest BCUT2D eigenvalue weighted by molar-refractivity contribution is -0.112. The van der Waals surface area contributed by atoms with Crippen LogP contribution >= 0.6 is 0 Å². The zero-order valence-electron chi connectivity index (χ0n) is 6.03. The maximum absolute atomic E-state index is 10.8. The van der Waals surface area contributed by atoms with Crippen LogP contribution in [0.2, 0.25) is 0 Å². The van der Waals surface area contributed by atoms with E-state index >= 15 is 0 Å². The van der Waals surface area contributed by atoms with Gasteiger partial charge in [0.05, 0.1) is 5.54 Å². The van der Waals surface area contributed by atoms with Gasteiger partial charge < -0.3 is 5.32 Å². The molecule has 1 atom stereocenters. The summed E-state index contributed by atoms with van der Waals surface area (Å²) in [6, 6.07) is 0. The van der Waals surface area contributed by atoms with E-state index in [0.29, 0.717) is 5.78 Å². The summed E-state index contributed by atoms with van der Waals surface area (Å²) < 4.78 is 0. The first-order chi connectivity index (χ1) is 4.25. The summed E-state index contributed by atoms with van der Waals surface area (Å²) in [6.07, 6.45) is 2.84. The van der Waals surface area contributed by atoms with Crippen LogP contribution in [0.3, 0.4) is 0 Å². The van der Waals surface area contributed by atoms with Gasteiger partial charge in [-0.05, 0) is 13.5 Å². The number of hydrogen-bond acceptors (Lipinski definition) is 2. The summed E-state index contributed by atoms with van der Waals surface area (Å²) in [5.74, 6) is 0.381. The molecule has 1 aliphatic carbocycles. The van der Waals surface area contributed by atoms with E-state index in [4.69, 9.17) is 0 Å². The second-order valence-corrected chi connectivity index (χ2v) is 2.68. The molecule has 0 bridgehead atoms. The van der Waals surface area contributed by atoms with Crippen LogP contribution in [-0.4, -0.2) is 18.4 Å². The minimum Gasteiger partial charge on any atom is -0.308 e. The first kappa shape index (κ1) is 6.75. The molecule has 1 unspecified atom stereocenters. The highest BCUT2D eigenvalue weighted by Gasteiger charge is 2.51. The minimum absolute atomic E-state index is 0.0885. The molecule has 1 rings (SSSR count). The van der Waals surface area contributed by atoms with Gasteiger partial charge >= 0.3 is 0 Å². The average Bonchev–Trinajstić information content (AvgIpc) is 2.45. The number of likely N-dealkylation sites (N-methyl/N-ethyl adjacent to an activating group) is 1. The maximum atomic E-state index is 10.8. The van der Waals surface area contributed by atoms with Crippen LogP contribution in [0.4, 0.5) is 0 Å². The fourth-order valence-electron chi connectivity index (χ4n) is 1.24. The molecule has 1 fully saturated rings. The molecule has 1 saturated carbocycles. The monoisotopic (exact) mass is 127 g/mol. The Morgan fingerprint density at radius 2 is 2.33 bits per heavy atom. The van der Waals surface area contributed by atoms with Crippen molar-refractivity contribution in [2.24, 2.45) is 0 Å². The standard InChI is InChI=1S/C7H13NO/c1-3-4-7(8-2)5-6(7)9/h8H,3-5H2,1-2H3. The van der Waals surface area contributed by atoms with Crippen LogP contribution in [0.25, 0.3) is 0 Å². The molecule has 0 aromatic heterocycles. The third kappa shape index (κ3) is 0.990. The number of ketones is 1. The Hall–Kier alpha value is -0.370. The summed E-state index contributed by atoms with van der Waals surface area (Å²) in [5.41, 5.74) is -0.0885. The summed E-state index contributed by atoms with van der Waals surface area (Å²) in [4.78, 5) is 10.8. The van der Waals surface area contributed by atoms with Crippen molar-refractivity contribution in [3.8, 4) is 0 Å². The van der Waals surface area contributed by atoms with Crippen molar-refractivity contribution in [2.75, 3.05) is 7.05 Å². The molecule has 2 nitrogen and oxygen atoms in total. The fourth-order valence-corrected chi connectivity index (χ4v) is 1.24. The molecule has 0 saturated heterocycles. The highest BCUT2D eigenvalue weighted by Crippen LogP contribution is 2.34. The van der Waals surface area contributed by atoms with Gasteiger partial charge in [-0.3, -0.25) is 4.79 Å². The Labute approximate surface area is 55.6 Å². The molecular weight excluding hydrogens is 114 g/mol. The van der Waals surface area contributed by atoms with Gasteiger partial charge in [0.1, 0.15) is 0 Å². The summed E-state index contributed by atoms with van der Waals surface area (Å²) >= 11 is 0. The molecule has 0 aromatic carbocycles. The van der Waals surface area contributed by atoms with Crippen LogP contribution in [0.1, 0.15) is 26.2 Å². The fraction of sp³-hybridized carbons (Fsp3) is 0.857. The molecule has 0 amide bonds. The van der Waals surface area contributed by atoms with Crippen molar-refractivity contribution in [2.45, 2.75) is 31.7 Å². The minimum atomic E-state index is -0.0885. The van der Waals surface area contributed by atoms with E-state index in [1.165, 1.54) is 0 Å². The quantitative estimate of drug-likeness (QED) is 0.605. The Morgan fingerprint density at radius 1 is 1.78 bits per heavy atom. The van der Waals surface area contributed by atoms with Gasteiger partial charge in [-0.2, -0.15) is 0 Å². The van der Waals surface area contributed by atoms with Crippen LogP contribution in [-0.2, 0) is 4.79 Å². The van der Waals surface area contributed by atoms with Crippen LogP contribution < -0.4 is 5.32 Å². The molecule has 52 valence electrons. The molecule has 2 heteroatoms. The van der Waals surface area contributed by atoms with Crippen molar-refractivity contribution < 1.29 is 4.79 Å². The van der Waals surface area contributed by atoms with E-state index < -0.39 is 0 Å². The van der Waals surface area contributed by atoms with Gasteiger partial charge in [-0.1, -0.05) is 13.3 Å². The molecule has 1 aliphatic rings. The van der Waals surface area contributed by atoms with Gasteiger partial charge in [-0.15, -0.1) is 0 Å². The summed E-state index contributed by atoms with van der Waals surface area (Å²) in [6.45, 7) is 2.10. The van der Waals surface area contributed by atoms with E-state index in [9.17, 15) is 4.79 Å². The number of carbonyl (C=O) groups excluding carboxylic acids is 1. The number of hydrogen-bond donors (Lipinski definition) is 1. The normalized spacial score (nSPS) is 32.9. The molecule has 0 radical (unpaired) electrons. The Kier molecular flexibility index (Phi) is 1.58. The van der Waals surface area contributed by atoms with Gasteiger partial charge in [0, 0.05) is 6.42 Å². The van der Waals surface area contributed by atoms with E-state index in [2.05, 4.69) is 12.2 Å². The summed E-state index contributed by atoms with van der Waals surface area (Å²) in [5, 5.41) is 3.05. The van der Waals surface area contributed by atoms with E-state index in [1.807, 2.05) is 7.05 Å². The van der Waals surface area contributed by atoms with Crippen LogP contribution in [0.15, 0.2) is 0 Å². The lowest BCUT2D eigenvalue weighted by Crippen LogP contribution is -2.29. The molecule has 0 spiro atoms. The molecule has 0 aliphatic heterocycles. The third-order valence-corrected chi connectivity index (χ3v) is 2.03. The lowest BCUT2D eigenvalue weighted by Gasteiger charge is -2.07. The predicted molar refractivity (Wildman–Crippen MR) is 36.3 cm³/mol. The first-order valence-corrected chi connectivity index (χ1v) is 3.47. The zero-order chi connectivity index (χ0) is 6.91. The van der Waals surface area contributed by atoms with Crippen LogP contribution in [0.5, 0.6) is 0 Å². The number of nitrogens with one attached hydrogen (secondary N) is 1. The van der Waals surface area contributed by atoms with Crippen molar-refractivity contribution >= 4 is 5.78 Å². The SMILES string of the molecule is CCCC1(NC)CC1=O. The van der Waals surface area contributed by atoms with Crippen molar-refractivity contribution in [1.29, 1.82) is 0 Å².